The number of hydrogen-bond donors (Lipinski definition) is 1. The second-order valence-corrected chi connectivity index (χ2v) is 7.16. The highest BCUT2D eigenvalue weighted by Crippen LogP contribution is 2.35. The molecule has 0 bridgehead atoms. The van der Waals surface area contributed by atoms with Crippen molar-refractivity contribution in [2.75, 3.05) is 18.5 Å². The third-order valence-corrected chi connectivity index (χ3v) is 5.23. The molecule has 0 saturated heterocycles. The molecule has 1 amide bonds. The predicted molar refractivity (Wildman–Crippen MR) is 108 cm³/mol. The number of ether oxygens (including phenoxy) is 2. The molecule has 5 heteroatoms. The smallest absolute Gasteiger partial charge is 0.255 e. The van der Waals surface area contributed by atoms with Gasteiger partial charge in [0.2, 0.25) is 0 Å². The SMILES string of the molecule is O=C(Nc1ccccc1)c1ccc(CSc2ccc3c(c2)OCCO3)cc1. The first-order chi connectivity index (χ1) is 13.3. The van der Waals surface area contributed by atoms with Crippen molar-refractivity contribution in [3.05, 3.63) is 83.9 Å². The Morgan fingerprint density at radius 3 is 2.41 bits per heavy atom. The van der Waals surface area contributed by atoms with Gasteiger partial charge < -0.3 is 14.8 Å². The van der Waals surface area contributed by atoms with Gasteiger partial charge in [0.05, 0.1) is 0 Å². The molecule has 3 aromatic rings. The van der Waals surface area contributed by atoms with E-state index in [1.807, 2.05) is 72.8 Å². The van der Waals surface area contributed by atoms with Crippen LogP contribution in [0, 0.1) is 0 Å². The minimum absolute atomic E-state index is 0.104. The third-order valence-electron chi connectivity index (χ3n) is 4.17. The fourth-order valence-corrected chi connectivity index (χ4v) is 3.64. The number of nitrogens with one attached hydrogen (secondary N) is 1. The van der Waals surface area contributed by atoms with E-state index >= 15 is 0 Å². The molecule has 136 valence electrons. The number of para-hydroxylation sites is 1. The molecule has 0 spiro atoms. The first kappa shape index (κ1) is 17.5. The fourth-order valence-electron chi connectivity index (χ4n) is 2.76. The lowest BCUT2D eigenvalue weighted by atomic mass is 10.1. The largest absolute Gasteiger partial charge is 0.486 e. The number of rotatable bonds is 5. The van der Waals surface area contributed by atoms with Crippen LogP contribution in [0.5, 0.6) is 11.5 Å². The van der Waals surface area contributed by atoms with E-state index in [4.69, 9.17) is 9.47 Å². The molecule has 4 rings (SSSR count). The molecule has 27 heavy (non-hydrogen) atoms. The molecule has 3 aromatic carbocycles. The molecule has 0 unspecified atom stereocenters. The van der Waals surface area contributed by atoms with Crippen molar-refractivity contribution < 1.29 is 14.3 Å². The van der Waals surface area contributed by atoms with Crippen molar-refractivity contribution in [1.29, 1.82) is 0 Å². The number of amides is 1. The predicted octanol–water partition coefficient (Wildman–Crippen LogP) is 5.00. The molecular weight excluding hydrogens is 358 g/mol. The van der Waals surface area contributed by atoms with E-state index < -0.39 is 0 Å². The quantitative estimate of drug-likeness (QED) is 0.636. The average molecular weight is 377 g/mol. The van der Waals surface area contributed by atoms with E-state index in [0.29, 0.717) is 18.8 Å². The molecule has 0 saturated carbocycles. The van der Waals surface area contributed by atoms with Crippen molar-refractivity contribution in [1.82, 2.24) is 0 Å². The highest BCUT2D eigenvalue weighted by molar-refractivity contribution is 7.98. The van der Waals surface area contributed by atoms with Crippen LogP contribution in [0.25, 0.3) is 0 Å². The average Bonchev–Trinajstić information content (AvgIpc) is 2.73. The Labute approximate surface area is 162 Å². The normalized spacial score (nSPS) is 12.4. The van der Waals surface area contributed by atoms with Gasteiger partial charge >= 0.3 is 0 Å². The molecule has 4 nitrogen and oxygen atoms in total. The summed E-state index contributed by atoms with van der Waals surface area (Å²) in [5, 5.41) is 2.89. The molecule has 0 aromatic heterocycles. The first-order valence-corrected chi connectivity index (χ1v) is 9.74. The lowest BCUT2D eigenvalue weighted by Gasteiger charge is -2.18. The van der Waals surface area contributed by atoms with E-state index in [-0.39, 0.29) is 5.91 Å². The van der Waals surface area contributed by atoms with Crippen molar-refractivity contribution in [2.24, 2.45) is 0 Å². The summed E-state index contributed by atoms with van der Waals surface area (Å²) in [4.78, 5) is 13.4. The zero-order valence-corrected chi connectivity index (χ0v) is 15.5. The highest BCUT2D eigenvalue weighted by atomic mass is 32.2. The monoisotopic (exact) mass is 377 g/mol. The number of thioether (sulfide) groups is 1. The maximum absolute atomic E-state index is 12.3. The Hall–Kier alpha value is -2.92. The van der Waals surface area contributed by atoms with Gasteiger partial charge in [0, 0.05) is 21.9 Å². The topological polar surface area (TPSA) is 47.6 Å². The van der Waals surface area contributed by atoms with Crippen molar-refractivity contribution in [3.63, 3.8) is 0 Å². The Morgan fingerprint density at radius 2 is 1.63 bits per heavy atom. The van der Waals surface area contributed by atoms with Gasteiger partial charge in [-0.25, -0.2) is 0 Å². The van der Waals surface area contributed by atoms with Crippen LogP contribution in [0.3, 0.4) is 0 Å². The molecule has 0 fully saturated rings. The van der Waals surface area contributed by atoms with Crippen LogP contribution in [-0.2, 0) is 5.75 Å². The van der Waals surface area contributed by atoms with E-state index in [1.54, 1.807) is 11.8 Å². The van der Waals surface area contributed by atoms with E-state index in [2.05, 4.69) is 5.32 Å². The molecule has 1 aliphatic heterocycles. The van der Waals surface area contributed by atoms with E-state index in [9.17, 15) is 4.79 Å². The summed E-state index contributed by atoms with van der Waals surface area (Å²) in [6, 6.07) is 23.2. The molecule has 1 aliphatic rings. The van der Waals surface area contributed by atoms with Crippen molar-refractivity contribution >= 4 is 23.4 Å². The highest BCUT2D eigenvalue weighted by Gasteiger charge is 2.12. The number of carbonyl (C=O) groups is 1. The van der Waals surface area contributed by atoms with Gasteiger partial charge in [-0.15, -0.1) is 11.8 Å². The van der Waals surface area contributed by atoms with Crippen LogP contribution in [0.2, 0.25) is 0 Å². The van der Waals surface area contributed by atoms with Crippen molar-refractivity contribution in [2.45, 2.75) is 10.6 Å². The van der Waals surface area contributed by atoms with E-state index in [1.165, 1.54) is 0 Å². The number of benzene rings is 3. The third kappa shape index (κ3) is 4.44. The molecule has 0 radical (unpaired) electrons. The Balaban J connectivity index is 1.36. The zero-order chi connectivity index (χ0) is 18.5. The van der Waals surface area contributed by atoms with Gasteiger partial charge in [-0.2, -0.15) is 0 Å². The lowest BCUT2D eigenvalue weighted by molar-refractivity contribution is 0.102. The van der Waals surface area contributed by atoms with Crippen LogP contribution in [0.4, 0.5) is 5.69 Å². The Morgan fingerprint density at radius 1 is 0.889 bits per heavy atom. The van der Waals surface area contributed by atoms with Crippen LogP contribution < -0.4 is 14.8 Å². The van der Waals surface area contributed by atoms with Gasteiger partial charge in [0.1, 0.15) is 13.2 Å². The van der Waals surface area contributed by atoms with E-state index in [0.717, 1.165) is 33.4 Å². The number of fused-ring (bicyclic) bond motifs is 1. The van der Waals surface area contributed by atoms with Gasteiger partial charge in [-0.1, -0.05) is 30.3 Å². The maximum atomic E-state index is 12.3. The summed E-state index contributed by atoms with van der Waals surface area (Å²) < 4.78 is 11.2. The summed E-state index contributed by atoms with van der Waals surface area (Å²) in [7, 11) is 0. The summed E-state index contributed by atoms with van der Waals surface area (Å²) in [5.41, 5.74) is 2.60. The minimum Gasteiger partial charge on any atom is -0.486 e. The zero-order valence-electron chi connectivity index (χ0n) is 14.7. The summed E-state index contributed by atoms with van der Waals surface area (Å²) >= 11 is 1.73. The maximum Gasteiger partial charge on any atom is 0.255 e. The summed E-state index contributed by atoms with van der Waals surface area (Å²) in [6.07, 6.45) is 0. The van der Waals surface area contributed by atoms with Gasteiger partial charge in [0.15, 0.2) is 11.5 Å². The lowest BCUT2D eigenvalue weighted by Crippen LogP contribution is -2.15. The number of anilines is 1. The molecule has 1 N–H and O–H groups in total. The second-order valence-electron chi connectivity index (χ2n) is 6.11. The molecular formula is C22H19NO3S. The van der Waals surface area contributed by atoms with Crippen LogP contribution in [0.15, 0.2) is 77.7 Å². The molecule has 1 heterocycles. The van der Waals surface area contributed by atoms with Crippen molar-refractivity contribution in [3.8, 4) is 11.5 Å². The second kappa shape index (κ2) is 8.18. The summed E-state index contributed by atoms with van der Waals surface area (Å²) in [6.45, 7) is 1.19. The minimum atomic E-state index is -0.104. The Bertz CT molecular complexity index is 926. The van der Waals surface area contributed by atoms with Crippen LogP contribution in [-0.4, -0.2) is 19.1 Å². The first-order valence-electron chi connectivity index (χ1n) is 8.76. The van der Waals surface area contributed by atoms with Gasteiger partial charge in [-0.3, -0.25) is 4.79 Å². The number of hydrogen-bond acceptors (Lipinski definition) is 4. The fraction of sp³-hybridized carbons (Fsp3) is 0.136. The number of carbonyl (C=O) groups excluding carboxylic acids is 1. The molecule has 0 aliphatic carbocycles. The van der Waals surface area contributed by atoms with Crippen LogP contribution >= 0.6 is 11.8 Å². The Kier molecular flexibility index (Phi) is 5.30. The van der Waals surface area contributed by atoms with Gasteiger partial charge in [-0.05, 0) is 48.0 Å². The molecule has 0 atom stereocenters. The summed E-state index contributed by atoms with van der Waals surface area (Å²) in [5.74, 6) is 2.33. The van der Waals surface area contributed by atoms with Gasteiger partial charge in [0.25, 0.3) is 5.91 Å². The van der Waals surface area contributed by atoms with Crippen LogP contribution in [0.1, 0.15) is 15.9 Å². The standard InChI is InChI=1S/C22H19NO3S/c24-22(23-18-4-2-1-3-5-18)17-8-6-16(7-9-17)15-27-19-10-11-20-21(14-19)26-13-12-25-20/h1-11,14H,12-13,15H2,(H,23,24).